The molecule has 5 heteroatoms. The van der Waals surface area contributed by atoms with Gasteiger partial charge in [0.2, 0.25) is 11.8 Å². The van der Waals surface area contributed by atoms with Crippen molar-refractivity contribution in [3.05, 3.63) is 29.8 Å². The molecule has 0 aromatic heterocycles. The molecular formula is C19H28N2O3. The molecule has 1 aromatic rings. The number of unbranched alkanes of at least 4 members (excludes halogenated alkanes) is 2. The number of hydrogen-bond donors (Lipinski definition) is 2. The van der Waals surface area contributed by atoms with E-state index in [0.717, 1.165) is 37.0 Å². The first-order chi connectivity index (χ1) is 11.6. The second-order valence-corrected chi connectivity index (χ2v) is 6.40. The Bertz CT molecular complexity index is 567. The Labute approximate surface area is 144 Å². The second kappa shape index (κ2) is 8.71. The molecule has 2 N–H and O–H groups in total. The highest BCUT2D eigenvalue weighted by atomic mass is 16.5. The number of rotatable bonds is 10. The molecule has 2 amide bonds. The summed E-state index contributed by atoms with van der Waals surface area (Å²) in [5.41, 5.74) is 0.282. The lowest BCUT2D eigenvalue weighted by Crippen LogP contribution is -2.43. The van der Waals surface area contributed by atoms with E-state index in [-0.39, 0.29) is 11.8 Å². The smallest absolute Gasteiger partial charge is 0.235 e. The maximum Gasteiger partial charge on any atom is 0.235 e. The van der Waals surface area contributed by atoms with Crippen LogP contribution in [0.4, 0.5) is 0 Å². The first kappa shape index (κ1) is 18.3. The van der Waals surface area contributed by atoms with Gasteiger partial charge in [-0.1, -0.05) is 31.9 Å². The van der Waals surface area contributed by atoms with E-state index in [1.54, 1.807) is 7.11 Å². The molecule has 1 fully saturated rings. The summed E-state index contributed by atoms with van der Waals surface area (Å²) in [5, 5.41) is 5.82. The van der Waals surface area contributed by atoms with Crippen molar-refractivity contribution in [1.29, 1.82) is 0 Å². The van der Waals surface area contributed by atoms with Crippen LogP contribution in [0.3, 0.4) is 0 Å². The van der Waals surface area contributed by atoms with Crippen molar-refractivity contribution in [3.63, 3.8) is 0 Å². The third-order valence-electron chi connectivity index (χ3n) is 4.52. The first-order valence-corrected chi connectivity index (χ1v) is 8.82. The van der Waals surface area contributed by atoms with Crippen molar-refractivity contribution < 1.29 is 14.3 Å². The van der Waals surface area contributed by atoms with Crippen LogP contribution in [0.25, 0.3) is 0 Å². The van der Waals surface area contributed by atoms with Crippen molar-refractivity contribution in [2.45, 2.75) is 45.4 Å². The van der Waals surface area contributed by atoms with Crippen molar-refractivity contribution in [2.75, 3.05) is 20.2 Å². The predicted octanol–water partition coefficient (Wildman–Crippen LogP) is 2.44. The average Bonchev–Trinajstić information content (AvgIpc) is 3.40. The summed E-state index contributed by atoms with van der Waals surface area (Å²) < 4.78 is 5.19. The minimum atomic E-state index is -0.819. The molecule has 1 saturated carbocycles. The third kappa shape index (κ3) is 4.73. The van der Waals surface area contributed by atoms with Gasteiger partial charge in [0.15, 0.2) is 0 Å². The fraction of sp³-hybridized carbons (Fsp3) is 0.579. The molecule has 1 aromatic carbocycles. The highest BCUT2D eigenvalue weighted by molar-refractivity contribution is 6.07. The number of carbonyl (C=O) groups excluding carboxylic acids is 2. The SMILES string of the molecule is CCCCCNC(=O)C1(C(=O)NCCc2cccc(OC)c2)CC1. The van der Waals surface area contributed by atoms with E-state index in [1.807, 2.05) is 24.3 Å². The number of methoxy groups -OCH3 is 1. The van der Waals surface area contributed by atoms with E-state index in [1.165, 1.54) is 0 Å². The van der Waals surface area contributed by atoms with Gasteiger partial charge in [0, 0.05) is 13.1 Å². The number of hydrogen-bond acceptors (Lipinski definition) is 3. The minimum Gasteiger partial charge on any atom is -0.497 e. The summed E-state index contributed by atoms with van der Waals surface area (Å²) in [6.45, 7) is 3.31. The third-order valence-corrected chi connectivity index (χ3v) is 4.52. The summed E-state index contributed by atoms with van der Waals surface area (Å²) in [6, 6.07) is 7.79. The Balaban J connectivity index is 1.76. The molecule has 1 aliphatic rings. The van der Waals surface area contributed by atoms with E-state index in [2.05, 4.69) is 17.6 Å². The van der Waals surface area contributed by atoms with Crippen LogP contribution < -0.4 is 15.4 Å². The molecule has 2 rings (SSSR count). The first-order valence-electron chi connectivity index (χ1n) is 8.82. The zero-order valence-corrected chi connectivity index (χ0v) is 14.7. The zero-order valence-electron chi connectivity index (χ0n) is 14.7. The van der Waals surface area contributed by atoms with Gasteiger partial charge >= 0.3 is 0 Å². The molecule has 5 nitrogen and oxygen atoms in total. The van der Waals surface area contributed by atoms with Crippen LogP contribution >= 0.6 is 0 Å². The summed E-state index contributed by atoms with van der Waals surface area (Å²) in [6.07, 6.45) is 5.20. The molecule has 0 bridgehead atoms. The van der Waals surface area contributed by atoms with Gasteiger partial charge in [-0.3, -0.25) is 9.59 Å². The molecule has 24 heavy (non-hydrogen) atoms. The minimum absolute atomic E-state index is 0.113. The van der Waals surface area contributed by atoms with Crippen molar-refractivity contribution in [1.82, 2.24) is 10.6 Å². The van der Waals surface area contributed by atoms with Crippen LogP contribution in [0.15, 0.2) is 24.3 Å². The summed E-state index contributed by atoms with van der Waals surface area (Å²) in [4.78, 5) is 24.6. The van der Waals surface area contributed by atoms with Crippen LogP contribution in [0.2, 0.25) is 0 Å². The normalized spacial score (nSPS) is 14.8. The number of benzene rings is 1. The molecule has 0 radical (unpaired) electrons. The van der Waals surface area contributed by atoms with E-state index in [0.29, 0.717) is 25.9 Å². The van der Waals surface area contributed by atoms with E-state index < -0.39 is 5.41 Å². The molecule has 0 unspecified atom stereocenters. The molecule has 1 aliphatic carbocycles. The van der Waals surface area contributed by atoms with Gasteiger partial charge in [-0.05, 0) is 43.4 Å². The Morgan fingerprint density at radius 1 is 1.12 bits per heavy atom. The number of ether oxygens (including phenoxy) is 1. The van der Waals surface area contributed by atoms with Crippen molar-refractivity contribution in [3.8, 4) is 5.75 Å². The molecule has 0 saturated heterocycles. The lowest BCUT2D eigenvalue weighted by molar-refractivity contribution is -0.137. The van der Waals surface area contributed by atoms with E-state index >= 15 is 0 Å². The van der Waals surface area contributed by atoms with Crippen LogP contribution in [0.5, 0.6) is 5.75 Å². The molecular weight excluding hydrogens is 304 g/mol. The van der Waals surface area contributed by atoms with Gasteiger partial charge < -0.3 is 15.4 Å². The fourth-order valence-electron chi connectivity index (χ4n) is 2.75. The Hall–Kier alpha value is -2.04. The summed E-state index contributed by atoms with van der Waals surface area (Å²) in [7, 11) is 1.64. The van der Waals surface area contributed by atoms with Gasteiger partial charge in [0.25, 0.3) is 0 Å². The van der Waals surface area contributed by atoms with Gasteiger partial charge in [0.05, 0.1) is 7.11 Å². The van der Waals surface area contributed by atoms with Gasteiger partial charge in [-0.2, -0.15) is 0 Å². The molecule has 0 heterocycles. The Morgan fingerprint density at radius 2 is 1.83 bits per heavy atom. The van der Waals surface area contributed by atoms with E-state index in [9.17, 15) is 9.59 Å². The highest BCUT2D eigenvalue weighted by Crippen LogP contribution is 2.46. The van der Waals surface area contributed by atoms with Gasteiger partial charge in [-0.15, -0.1) is 0 Å². The quantitative estimate of drug-likeness (QED) is 0.511. The Morgan fingerprint density at radius 3 is 2.46 bits per heavy atom. The maximum atomic E-state index is 12.4. The topological polar surface area (TPSA) is 67.4 Å². The van der Waals surface area contributed by atoms with Gasteiger partial charge in [0.1, 0.15) is 11.2 Å². The summed E-state index contributed by atoms with van der Waals surface area (Å²) in [5.74, 6) is 0.555. The molecule has 0 spiro atoms. The summed E-state index contributed by atoms with van der Waals surface area (Å²) >= 11 is 0. The van der Waals surface area contributed by atoms with Crippen LogP contribution in [-0.4, -0.2) is 32.0 Å². The molecule has 0 aliphatic heterocycles. The second-order valence-electron chi connectivity index (χ2n) is 6.40. The van der Waals surface area contributed by atoms with E-state index in [4.69, 9.17) is 4.74 Å². The molecule has 132 valence electrons. The number of amides is 2. The molecule has 0 atom stereocenters. The van der Waals surface area contributed by atoms with Crippen LogP contribution in [-0.2, 0) is 16.0 Å². The van der Waals surface area contributed by atoms with Crippen molar-refractivity contribution >= 4 is 11.8 Å². The monoisotopic (exact) mass is 332 g/mol. The van der Waals surface area contributed by atoms with Gasteiger partial charge in [-0.25, -0.2) is 0 Å². The highest BCUT2D eigenvalue weighted by Gasteiger charge is 2.56. The Kier molecular flexibility index (Phi) is 6.64. The lowest BCUT2D eigenvalue weighted by Gasteiger charge is -2.15. The predicted molar refractivity (Wildman–Crippen MR) is 93.9 cm³/mol. The largest absolute Gasteiger partial charge is 0.497 e. The fourth-order valence-corrected chi connectivity index (χ4v) is 2.75. The standard InChI is InChI=1S/C19H28N2O3/c1-3-4-5-12-20-17(22)19(10-11-19)18(23)21-13-9-15-7-6-8-16(14-15)24-2/h6-8,14H,3-5,9-13H2,1-2H3,(H,20,22)(H,21,23). The zero-order chi connectivity index (χ0) is 17.4. The van der Waals surface area contributed by atoms with Crippen LogP contribution in [0, 0.1) is 5.41 Å². The number of carbonyl (C=O) groups is 2. The van der Waals surface area contributed by atoms with Crippen LogP contribution in [0.1, 0.15) is 44.6 Å². The number of nitrogens with one attached hydrogen (secondary N) is 2. The lowest BCUT2D eigenvalue weighted by atomic mass is 10.0. The van der Waals surface area contributed by atoms with Crippen molar-refractivity contribution in [2.24, 2.45) is 5.41 Å². The average molecular weight is 332 g/mol. The maximum absolute atomic E-state index is 12.4.